The summed E-state index contributed by atoms with van der Waals surface area (Å²) in [6.07, 6.45) is 2.15. The predicted octanol–water partition coefficient (Wildman–Crippen LogP) is 4.08. The van der Waals surface area contributed by atoms with Gasteiger partial charge in [-0.1, -0.05) is 60.7 Å². The molecule has 1 heterocycles. The maximum Gasteiger partial charge on any atom is 0.219 e. The molecule has 0 aromatic heterocycles. The highest BCUT2D eigenvalue weighted by atomic mass is 16.2. The standard InChI is InChI=1S/C20H23NO/c1-16(22)21-14-12-19(13-15-21)20(17-8-4-2-5-9-17)18-10-6-3-7-11-18/h2-11,19-20H,12-15H2,1H3. The van der Waals surface area contributed by atoms with E-state index in [0.29, 0.717) is 11.8 Å². The highest BCUT2D eigenvalue weighted by Gasteiger charge is 2.29. The van der Waals surface area contributed by atoms with Gasteiger partial charge in [-0.2, -0.15) is 0 Å². The van der Waals surface area contributed by atoms with E-state index in [1.54, 1.807) is 6.92 Å². The quantitative estimate of drug-likeness (QED) is 0.835. The van der Waals surface area contributed by atoms with Gasteiger partial charge in [0.15, 0.2) is 0 Å². The lowest BCUT2D eigenvalue weighted by Crippen LogP contribution is -2.38. The Bertz CT molecular complexity index is 561. The molecular weight excluding hydrogens is 270 g/mol. The second-order valence-corrected chi connectivity index (χ2v) is 6.14. The average Bonchev–Trinajstić information content (AvgIpc) is 2.57. The lowest BCUT2D eigenvalue weighted by molar-refractivity contribution is -0.130. The van der Waals surface area contributed by atoms with Gasteiger partial charge in [0.2, 0.25) is 5.91 Å². The Balaban J connectivity index is 1.86. The van der Waals surface area contributed by atoms with Crippen LogP contribution in [0.4, 0.5) is 0 Å². The monoisotopic (exact) mass is 293 g/mol. The third-order valence-electron chi connectivity index (χ3n) is 4.77. The fourth-order valence-corrected chi connectivity index (χ4v) is 3.61. The maximum atomic E-state index is 11.5. The first kappa shape index (κ1) is 14.8. The molecule has 0 saturated carbocycles. The molecule has 0 atom stereocenters. The van der Waals surface area contributed by atoms with Crippen molar-refractivity contribution in [3.05, 3.63) is 71.8 Å². The number of piperidine rings is 1. The second kappa shape index (κ2) is 6.78. The van der Waals surface area contributed by atoms with Crippen LogP contribution >= 0.6 is 0 Å². The van der Waals surface area contributed by atoms with Crippen LogP contribution in [-0.2, 0) is 4.79 Å². The molecule has 0 radical (unpaired) electrons. The molecule has 0 unspecified atom stereocenters. The molecule has 0 N–H and O–H groups in total. The molecule has 1 aliphatic rings. The Labute approximate surface area is 132 Å². The number of benzene rings is 2. The van der Waals surface area contributed by atoms with Crippen LogP contribution in [0.25, 0.3) is 0 Å². The van der Waals surface area contributed by atoms with Crippen molar-refractivity contribution in [2.24, 2.45) is 5.92 Å². The Morgan fingerprint density at radius 1 is 0.909 bits per heavy atom. The van der Waals surface area contributed by atoms with E-state index in [0.717, 1.165) is 25.9 Å². The number of hydrogen-bond acceptors (Lipinski definition) is 1. The van der Waals surface area contributed by atoms with E-state index >= 15 is 0 Å². The van der Waals surface area contributed by atoms with Crippen LogP contribution in [0.2, 0.25) is 0 Å². The van der Waals surface area contributed by atoms with Gasteiger partial charge in [-0.3, -0.25) is 4.79 Å². The van der Waals surface area contributed by atoms with Gasteiger partial charge in [-0.15, -0.1) is 0 Å². The van der Waals surface area contributed by atoms with E-state index < -0.39 is 0 Å². The Hall–Kier alpha value is -2.09. The zero-order valence-electron chi connectivity index (χ0n) is 13.1. The van der Waals surface area contributed by atoms with Crippen LogP contribution < -0.4 is 0 Å². The van der Waals surface area contributed by atoms with E-state index in [4.69, 9.17) is 0 Å². The Morgan fingerprint density at radius 3 is 1.77 bits per heavy atom. The van der Waals surface area contributed by atoms with Gasteiger partial charge in [-0.05, 0) is 29.9 Å². The van der Waals surface area contributed by atoms with Crippen LogP contribution in [0.15, 0.2) is 60.7 Å². The van der Waals surface area contributed by atoms with E-state index in [2.05, 4.69) is 60.7 Å². The molecule has 0 aliphatic carbocycles. The highest BCUT2D eigenvalue weighted by molar-refractivity contribution is 5.73. The van der Waals surface area contributed by atoms with Gasteiger partial charge in [0.1, 0.15) is 0 Å². The highest BCUT2D eigenvalue weighted by Crippen LogP contribution is 2.37. The van der Waals surface area contributed by atoms with E-state index in [1.165, 1.54) is 11.1 Å². The SMILES string of the molecule is CC(=O)N1CCC(C(c2ccccc2)c2ccccc2)CC1. The van der Waals surface area contributed by atoms with Gasteiger partial charge in [0, 0.05) is 25.9 Å². The predicted molar refractivity (Wildman–Crippen MR) is 89.7 cm³/mol. The molecule has 1 saturated heterocycles. The number of carbonyl (C=O) groups excluding carboxylic acids is 1. The molecule has 1 fully saturated rings. The summed E-state index contributed by atoms with van der Waals surface area (Å²) in [5.41, 5.74) is 2.77. The van der Waals surface area contributed by atoms with Crippen LogP contribution in [0.3, 0.4) is 0 Å². The first-order valence-corrected chi connectivity index (χ1v) is 8.11. The summed E-state index contributed by atoms with van der Waals surface area (Å²) in [7, 11) is 0. The van der Waals surface area contributed by atoms with Crippen molar-refractivity contribution in [3.8, 4) is 0 Å². The van der Waals surface area contributed by atoms with Crippen molar-refractivity contribution in [3.63, 3.8) is 0 Å². The molecule has 2 nitrogen and oxygen atoms in total. The number of amides is 1. The molecule has 0 bridgehead atoms. The third-order valence-corrected chi connectivity index (χ3v) is 4.77. The van der Waals surface area contributed by atoms with E-state index in [1.807, 2.05) is 4.90 Å². The number of nitrogens with zero attached hydrogens (tertiary/aromatic N) is 1. The van der Waals surface area contributed by atoms with Crippen LogP contribution in [0, 0.1) is 5.92 Å². The molecule has 3 rings (SSSR count). The minimum atomic E-state index is 0.203. The van der Waals surface area contributed by atoms with Gasteiger partial charge in [0.25, 0.3) is 0 Å². The first-order chi connectivity index (χ1) is 10.8. The summed E-state index contributed by atoms with van der Waals surface area (Å²) in [4.78, 5) is 13.5. The number of carbonyl (C=O) groups is 1. The smallest absolute Gasteiger partial charge is 0.219 e. The molecule has 0 spiro atoms. The van der Waals surface area contributed by atoms with Gasteiger partial charge < -0.3 is 4.90 Å². The number of rotatable bonds is 3. The lowest BCUT2D eigenvalue weighted by Gasteiger charge is -2.36. The van der Waals surface area contributed by atoms with Gasteiger partial charge in [-0.25, -0.2) is 0 Å². The van der Waals surface area contributed by atoms with Crippen LogP contribution in [-0.4, -0.2) is 23.9 Å². The number of likely N-dealkylation sites (tertiary alicyclic amines) is 1. The summed E-state index contributed by atoms with van der Waals surface area (Å²) < 4.78 is 0. The largest absolute Gasteiger partial charge is 0.343 e. The minimum absolute atomic E-state index is 0.203. The zero-order valence-corrected chi connectivity index (χ0v) is 13.1. The van der Waals surface area contributed by atoms with Crippen molar-refractivity contribution in [2.75, 3.05) is 13.1 Å². The summed E-state index contributed by atoms with van der Waals surface area (Å²) in [6.45, 7) is 3.44. The van der Waals surface area contributed by atoms with Crippen LogP contribution in [0.1, 0.15) is 36.8 Å². The minimum Gasteiger partial charge on any atom is -0.343 e. The maximum absolute atomic E-state index is 11.5. The van der Waals surface area contributed by atoms with E-state index in [-0.39, 0.29) is 5.91 Å². The summed E-state index contributed by atoms with van der Waals surface area (Å²) in [5.74, 6) is 1.23. The Morgan fingerprint density at radius 2 is 1.36 bits per heavy atom. The third kappa shape index (κ3) is 3.22. The normalized spacial score (nSPS) is 16.0. The van der Waals surface area contributed by atoms with Crippen molar-refractivity contribution in [1.29, 1.82) is 0 Å². The summed E-state index contributed by atoms with van der Waals surface area (Å²) >= 11 is 0. The molecule has 1 aliphatic heterocycles. The lowest BCUT2D eigenvalue weighted by atomic mass is 9.76. The van der Waals surface area contributed by atoms with Crippen LogP contribution in [0.5, 0.6) is 0 Å². The van der Waals surface area contributed by atoms with Crippen molar-refractivity contribution in [2.45, 2.75) is 25.7 Å². The van der Waals surface area contributed by atoms with E-state index in [9.17, 15) is 4.79 Å². The van der Waals surface area contributed by atoms with Crippen molar-refractivity contribution < 1.29 is 4.79 Å². The molecule has 1 amide bonds. The molecule has 114 valence electrons. The number of hydrogen-bond donors (Lipinski definition) is 0. The zero-order chi connectivity index (χ0) is 15.4. The molecule has 2 aromatic rings. The van der Waals surface area contributed by atoms with Crippen molar-refractivity contribution in [1.82, 2.24) is 4.90 Å². The topological polar surface area (TPSA) is 20.3 Å². The fourth-order valence-electron chi connectivity index (χ4n) is 3.61. The van der Waals surface area contributed by atoms with Gasteiger partial charge >= 0.3 is 0 Å². The Kier molecular flexibility index (Phi) is 4.57. The molecule has 22 heavy (non-hydrogen) atoms. The molecule has 2 aromatic carbocycles. The summed E-state index contributed by atoms with van der Waals surface area (Å²) in [5, 5.41) is 0. The fraction of sp³-hybridized carbons (Fsp3) is 0.350. The first-order valence-electron chi connectivity index (χ1n) is 8.11. The van der Waals surface area contributed by atoms with Crippen molar-refractivity contribution >= 4 is 5.91 Å². The second-order valence-electron chi connectivity index (χ2n) is 6.14. The molecule has 2 heteroatoms. The summed E-state index contributed by atoms with van der Waals surface area (Å²) in [6, 6.07) is 21.6. The average molecular weight is 293 g/mol. The molecular formula is C20H23NO. The van der Waals surface area contributed by atoms with Gasteiger partial charge in [0.05, 0.1) is 0 Å².